The van der Waals surface area contributed by atoms with E-state index >= 15 is 0 Å². The summed E-state index contributed by atoms with van der Waals surface area (Å²) in [4.78, 5) is 0. The lowest BCUT2D eigenvalue weighted by Gasteiger charge is -2.31. The molecule has 4 nitrogen and oxygen atoms in total. The van der Waals surface area contributed by atoms with Crippen molar-refractivity contribution in [3.05, 3.63) is 0 Å². The van der Waals surface area contributed by atoms with Gasteiger partial charge in [-0.2, -0.15) is 0 Å². The predicted octanol–water partition coefficient (Wildman–Crippen LogP) is 2.25. The van der Waals surface area contributed by atoms with Crippen LogP contribution in [0.4, 0.5) is 0 Å². The summed E-state index contributed by atoms with van der Waals surface area (Å²) in [6.45, 7) is 3.22. The molecule has 0 spiro atoms. The Morgan fingerprint density at radius 3 is 2.60 bits per heavy atom. The molecule has 1 aliphatic rings. The first-order valence-electron chi connectivity index (χ1n) is 5.57. The van der Waals surface area contributed by atoms with E-state index in [1.54, 1.807) is 0 Å². The molecule has 5 heteroatoms. The fourth-order valence-electron chi connectivity index (χ4n) is 2.10. The highest BCUT2D eigenvalue weighted by atomic mass is 31.2. The van der Waals surface area contributed by atoms with E-state index in [1.165, 1.54) is 27.1 Å². The van der Waals surface area contributed by atoms with Crippen molar-refractivity contribution in [2.24, 2.45) is 5.92 Å². The second-order valence-electron chi connectivity index (χ2n) is 4.11. The molecular weight excluding hydrogens is 213 g/mol. The lowest BCUT2D eigenvalue weighted by atomic mass is 9.91. The summed E-state index contributed by atoms with van der Waals surface area (Å²) in [7, 11) is 0.0485. The summed E-state index contributed by atoms with van der Waals surface area (Å²) >= 11 is 0. The van der Waals surface area contributed by atoms with Crippen LogP contribution in [0.1, 0.15) is 26.2 Å². The van der Waals surface area contributed by atoms with Crippen LogP contribution < -0.4 is 5.32 Å². The standard InChI is InChI=1S/C10H22NO3P/c1-4-9-5-6-11-10(7-9)8-15(12,13-2)14-3/h9-11H,4-8H2,1-3H3. The van der Waals surface area contributed by atoms with Crippen LogP contribution >= 0.6 is 7.60 Å². The maximum atomic E-state index is 11.9. The molecule has 0 aliphatic carbocycles. The molecular formula is C10H22NO3P. The van der Waals surface area contributed by atoms with Gasteiger partial charge in [0.2, 0.25) is 0 Å². The Labute approximate surface area is 92.3 Å². The predicted molar refractivity (Wildman–Crippen MR) is 61.3 cm³/mol. The van der Waals surface area contributed by atoms with Gasteiger partial charge in [-0.3, -0.25) is 4.57 Å². The van der Waals surface area contributed by atoms with Gasteiger partial charge in [0.05, 0.1) is 6.16 Å². The first kappa shape index (κ1) is 13.2. The highest BCUT2D eigenvalue weighted by molar-refractivity contribution is 7.53. The topological polar surface area (TPSA) is 47.6 Å². The molecule has 1 heterocycles. The van der Waals surface area contributed by atoms with E-state index < -0.39 is 7.60 Å². The lowest BCUT2D eigenvalue weighted by Crippen LogP contribution is -2.40. The van der Waals surface area contributed by atoms with Gasteiger partial charge in [-0.15, -0.1) is 0 Å². The highest BCUT2D eigenvalue weighted by Crippen LogP contribution is 2.47. The van der Waals surface area contributed by atoms with Gasteiger partial charge >= 0.3 is 7.60 Å². The summed E-state index contributed by atoms with van der Waals surface area (Å²) in [6, 6.07) is 0.273. The number of nitrogens with one attached hydrogen (secondary N) is 1. The Morgan fingerprint density at radius 2 is 2.07 bits per heavy atom. The van der Waals surface area contributed by atoms with E-state index in [-0.39, 0.29) is 6.04 Å². The van der Waals surface area contributed by atoms with Gasteiger partial charge in [0.25, 0.3) is 0 Å². The summed E-state index contributed by atoms with van der Waals surface area (Å²) in [5.41, 5.74) is 0. The zero-order valence-corrected chi connectivity index (χ0v) is 10.8. The summed E-state index contributed by atoms with van der Waals surface area (Å²) in [6.07, 6.45) is 3.98. The van der Waals surface area contributed by atoms with E-state index in [1.807, 2.05) is 0 Å². The number of rotatable bonds is 5. The number of piperidine rings is 1. The van der Waals surface area contributed by atoms with E-state index in [0.29, 0.717) is 6.16 Å². The molecule has 0 saturated carbocycles. The molecule has 1 fully saturated rings. The zero-order valence-electron chi connectivity index (χ0n) is 9.86. The highest BCUT2D eigenvalue weighted by Gasteiger charge is 2.29. The minimum absolute atomic E-state index is 0.273. The van der Waals surface area contributed by atoms with Gasteiger partial charge in [-0.25, -0.2) is 0 Å². The Kier molecular flexibility index (Phi) is 5.27. The van der Waals surface area contributed by atoms with Gasteiger partial charge in [-0.05, 0) is 25.3 Å². The Morgan fingerprint density at radius 1 is 1.40 bits per heavy atom. The molecule has 15 heavy (non-hydrogen) atoms. The molecule has 90 valence electrons. The number of hydrogen-bond acceptors (Lipinski definition) is 4. The van der Waals surface area contributed by atoms with Crippen molar-refractivity contribution < 1.29 is 13.6 Å². The average molecular weight is 235 g/mol. The van der Waals surface area contributed by atoms with Crippen LogP contribution in [0.2, 0.25) is 0 Å². The van der Waals surface area contributed by atoms with Crippen LogP contribution in [0, 0.1) is 5.92 Å². The molecule has 0 radical (unpaired) electrons. The summed E-state index contributed by atoms with van der Waals surface area (Å²) in [5.74, 6) is 0.749. The van der Waals surface area contributed by atoms with Crippen LogP contribution in [-0.2, 0) is 13.6 Å². The molecule has 0 bridgehead atoms. The van der Waals surface area contributed by atoms with Crippen LogP contribution in [0.3, 0.4) is 0 Å². The fraction of sp³-hybridized carbons (Fsp3) is 1.00. The molecule has 0 aromatic carbocycles. The molecule has 1 N–H and O–H groups in total. The first-order valence-corrected chi connectivity index (χ1v) is 7.30. The van der Waals surface area contributed by atoms with Crippen molar-refractivity contribution in [1.82, 2.24) is 5.32 Å². The van der Waals surface area contributed by atoms with Crippen molar-refractivity contribution in [1.29, 1.82) is 0 Å². The quantitative estimate of drug-likeness (QED) is 0.742. The van der Waals surface area contributed by atoms with Crippen molar-refractivity contribution in [3.63, 3.8) is 0 Å². The molecule has 1 saturated heterocycles. The Hall–Kier alpha value is 0.110. The van der Waals surface area contributed by atoms with Crippen molar-refractivity contribution in [3.8, 4) is 0 Å². The minimum Gasteiger partial charge on any atom is -0.313 e. The normalized spacial score (nSPS) is 27.9. The molecule has 1 aliphatic heterocycles. The smallest absolute Gasteiger partial charge is 0.313 e. The summed E-state index contributed by atoms with van der Waals surface area (Å²) < 4.78 is 21.8. The van der Waals surface area contributed by atoms with E-state index in [4.69, 9.17) is 9.05 Å². The molecule has 0 aromatic rings. The van der Waals surface area contributed by atoms with Crippen LogP contribution in [-0.4, -0.2) is 33.0 Å². The Bertz CT molecular complexity index is 227. The Balaban J connectivity index is 2.47. The number of hydrogen-bond donors (Lipinski definition) is 1. The second kappa shape index (κ2) is 6.00. The van der Waals surface area contributed by atoms with E-state index in [9.17, 15) is 4.57 Å². The van der Waals surface area contributed by atoms with Crippen LogP contribution in [0.25, 0.3) is 0 Å². The van der Waals surface area contributed by atoms with Crippen molar-refractivity contribution in [2.75, 3.05) is 26.9 Å². The van der Waals surface area contributed by atoms with Gasteiger partial charge in [0.15, 0.2) is 0 Å². The van der Waals surface area contributed by atoms with Crippen molar-refractivity contribution in [2.45, 2.75) is 32.2 Å². The van der Waals surface area contributed by atoms with Gasteiger partial charge < -0.3 is 14.4 Å². The third-order valence-electron chi connectivity index (χ3n) is 3.18. The minimum atomic E-state index is -2.85. The van der Waals surface area contributed by atoms with Crippen molar-refractivity contribution >= 4 is 7.60 Å². The maximum absolute atomic E-state index is 11.9. The van der Waals surface area contributed by atoms with E-state index in [2.05, 4.69) is 12.2 Å². The first-order chi connectivity index (χ1) is 7.13. The third-order valence-corrected chi connectivity index (χ3v) is 5.18. The van der Waals surface area contributed by atoms with Crippen LogP contribution in [0.5, 0.6) is 0 Å². The molecule has 2 unspecified atom stereocenters. The van der Waals surface area contributed by atoms with Gasteiger partial charge in [0.1, 0.15) is 0 Å². The second-order valence-corrected chi connectivity index (χ2v) is 6.43. The lowest BCUT2D eigenvalue weighted by molar-refractivity contribution is 0.256. The fourth-order valence-corrected chi connectivity index (χ4v) is 3.36. The average Bonchev–Trinajstić information content (AvgIpc) is 2.29. The zero-order chi connectivity index (χ0) is 11.3. The molecule has 0 aromatic heterocycles. The SMILES string of the molecule is CCC1CCNC(CP(=O)(OC)OC)C1. The third kappa shape index (κ3) is 3.87. The monoisotopic (exact) mass is 235 g/mol. The molecule has 2 atom stereocenters. The van der Waals surface area contributed by atoms with Crippen LogP contribution in [0.15, 0.2) is 0 Å². The summed E-state index contributed by atoms with van der Waals surface area (Å²) in [5, 5.41) is 3.38. The maximum Gasteiger partial charge on any atom is 0.331 e. The molecule has 0 amide bonds. The van der Waals surface area contributed by atoms with Gasteiger partial charge in [0, 0.05) is 20.3 Å². The largest absolute Gasteiger partial charge is 0.331 e. The van der Waals surface area contributed by atoms with E-state index in [0.717, 1.165) is 18.9 Å². The van der Waals surface area contributed by atoms with Gasteiger partial charge in [-0.1, -0.05) is 13.3 Å². The molecule has 1 rings (SSSR count).